The molecule has 0 saturated carbocycles. The molecule has 2 aromatic heterocycles. The van der Waals surface area contributed by atoms with Crippen LogP contribution in [0.4, 0.5) is 4.39 Å². The van der Waals surface area contributed by atoms with Crippen LogP contribution in [-0.2, 0) is 22.8 Å². The summed E-state index contributed by atoms with van der Waals surface area (Å²) in [4.78, 5) is 28.5. The summed E-state index contributed by atoms with van der Waals surface area (Å²) < 4.78 is 18.8. The number of fused-ring (bicyclic) bond motifs is 1. The number of carbonyl (C=O) groups is 2. The van der Waals surface area contributed by atoms with Crippen LogP contribution >= 0.6 is 11.3 Å². The van der Waals surface area contributed by atoms with Gasteiger partial charge in [0.25, 0.3) is 5.91 Å². The van der Waals surface area contributed by atoms with Crippen molar-refractivity contribution in [3.05, 3.63) is 64.7 Å². The summed E-state index contributed by atoms with van der Waals surface area (Å²) in [5.41, 5.74) is 2.02. The lowest BCUT2D eigenvalue weighted by molar-refractivity contribution is -0.144. The number of hydrogen-bond donors (Lipinski definition) is 1. The minimum absolute atomic E-state index is 0.0808. The number of nitrogens with zero attached hydrogens (tertiary/aromatic N) is 1. The average Bonchev–Trinajstić information content (AvgIpc) is 3.11. The molecule has 2 heterocycles. The van der Waals surface area contributed by atoms with E-state index in [1.165, 1.54) is 17.5 Å². The lowest BCUT2D eigenvalue weighted by atomic mass is 10.2. The number of pyridine rings is 1. The van der Waals surface area contributed by atoms with E-state index in [0.29, 0.717) is 20.7 Å². The lowest BCUT2D eigenvalue weighted by Crippen LogP contribution is -2.25. The Kier molecular flexibility index (Phi) is 5.91. The zero-order valence-corrected chi connectivity index (χ0v) is 14.7. The van der Waals surface area contributed by atoms with Crippen LogP contribution in [0.25, 0.3) is 10.2 Å². The summed E-state index contributed by atoms with van der Waals surface area (Å²) >= 11 is 1.19. The number of alkyl halides is 1. The molecule has 0 aliphatic heterocycles. The van der Waals surface area contributed by atoms with E-state index in [2.05, 4.69) is 10.3 Å². The molecule has 26 heavy (non-hydrogen) atoms. The van der Waals surface area contributed by atoms with Crippen molar-refractivity contribution in [1.82, 2.24) is 10.3 Å². The van der Waals surface area contributed by atoms with Gasteiger partial charge in [-0.25, -0.2) is 4.39 Å². The quantitative estimate of drug-likeness (QED) is 0.643. The second-order valence-electron chi connectivity index (χ2n) is 5.58. The molecule has 0 aliphatic rings. The molecule has 0 spiro atoms. The zero-order chi connectivity index (χ0) is 18.4. The Bertz CT molecular complexity index is 912. The van der Waals surface area contributed by atoms with E-state index in [4.69, 9.17) is 4.74 Å². The van der Waals surface area contributed by atoms with Crippen molar-refractivity contribution in [3.63, 3.8) is 0 Å². The number of carbonyl (C=O) groups excluding carboxylic acids is 2. The van der Waals surface area contributed by atoms with Gasteiger partial charge in [0.1, 0.15) is 13.3 Å². The molecule has 1 aromatic carbocycles. The fourth-order valence-electron chi connectivity index (χ4n) is 2.38. The second-order valence-corrected chi connectivity index (χ2v) is 6.63. The largest absolute Gasteiger partial charge is 0.461 e. The van der Waals surface area contributed by atoms with Gasteiger partial charge in [-0.2, -0.15) is 0 Å². The van der Waals surface area contributed by atoms with Crippen LogP contribution in [0.3, 0.4) is 0 Å². The van der Waals surface area contributed by atoms with Gasteiger partial charge in [-0.05, 0) is 17.7 Å². The SMILES string of the molecule is O=C(CCNC(=O)c1cc2nccc(CF)c2s1)OCc1ccccc1. The van der Waals surface area contributed by atoms with Crippen molar-refractivity contribution >= 4 is 33.4 Å². The Hall–Kier alpha value is -2.80. The number of esters is 1. The zero-order valence-electron chi connectivity index (χ0n) is 13.9. The predicted molar refractivity (Wildman–Crippen MR) is 97.6 cm³/mol. The highest BCUT2D eigenvalue weighted by Crippen LogP contribution is 2.27. The molecule has 0 atom stereocenters. The molecule has 0 aliphatic carbocycles. The molecular weight excluding hydrogens is 355 g/mol. The van der Waals surface area contributed by atoms with Crippen molar-refractivity contribution in [2.45, 2.75) is 19.7 Å². The van der Waals surface area contributed by atoms with Crippen molar-refractivity contribution in [3.8, 4) is 0 Å². The number of hydrogen-bond acceptors (Lipinski definition) is 5. The third kappa shape index (κ3) is 4.43. The van der Waals surface area contributed by atoms with Gasteiger partial charge in [0.15, 0.2) is 0 Å². The Morgan fingerprint density at radius 3 is 2.77 bits per heavy atom. The minimum atomic E-state index is -0.603. The third-order valence-corrected chi connectivity index (χ3v) is 4.92. The Morgan fingerprint density at radius 2 is 2.00 bits per heavy atom. The fourth-order valence-corrected chi connectivity index (χ4v) is 3.41. The van der Waals surface area contributed by atoms with Crippen LogP contribution in [0.2, 0.25) is 0 Å². The smallest absolute Gasteiger partial charge is 0.307 e. The molecule has 3 rings (SSSR count). The Balaban J connectivity index is 1.49. The van der Waals surface area contributed by atoms with E-state index in [-0.39, 0.29) is 31.4 Å². The third-order valence-electron chi connectivity index (χ3n) is 3.72. The number of halogens is 1. The van der Waals surface area contributed by atoms with Gasteiger partial charge < -0.3 is 10.1 Å². The highest BCUT2D eigenvalue weighted by atomic mass is 32.1. The van der Waals surface area contributed by atoms with E-state index in [9.17, 15) is 14.0 Å². The van der Waals surface area contributed by atoms with Crippen LogP contribution in [0.15, 0.2) is 48.7 Å². The molecule has 1 amide bonds. The summed E-state index contributed by atoms with van der Waals surface area (Å²) in [5.74, 6) is -0.694. The normalized spacial score (nSPS) is 10.7. The van der Waals surface area contributed by atoms with Crippen molar-refractivity contribution < 1.29 is 18.7 Å². The maximum Gasteiger partial charge on any atom is 0.307 e. The molecule has 0 radical (unpaired) electrons. The van der Waals surface area contributed by atoms with E-state index in [1.54, 1.807) is 12.1 Å². The van der Waals surface area contributed by atoms with Crippen LogP contribution in [0.1, 0.15) is 27.2 Å². The minimum Gasteiger partial charge on any atom is -0.461 e. The number of thiophene rings is 1. The summed E-state index contributed by atoms with van der Waals surface area (Å²) in [6, 6.07) is 12.6. The fraction of sp³-hybridized carbons (Fsp3) is 0.211. The first-order chi connectivity index (χ1) is 12.7. The Morgan fingerprint density at radius 1 is 1.19 bits per heavy atom. The number of rotatable bonds is 7. The molecule has 0 fully saturated rings. The van der Waals surface area contributed by atoms with Gasteiger partial charge in [0.05, 0.1) is 21.5 Å². The summed E-state index contributed by atoms with van der Waals surface area (Å²) in [5, 5.41) is 2.68. The molecule has 134 valence electrons. The van der Waals surface area contributed by atoms with Gasteiger partial charge in [-0.3, -0.25) is 14.6 Å². The van der Waals surface area contributed by atoms with Crippen LogP contribution in [0.5, 0.6) is 0 Å². The number of benzene rings is 1. The predicted octanol–water partition coefficient (Wildman–Crippen LogP) is 3.63. The monoisotopic (exact) mass is 372 g/mol. The number of ether oxygens (including phenoxy) is 1. The van der Waals surface area contributed by atoms with E-state index >= 15 is 0 Å². The number of aromatic nitrogens is 1. The molecule has 7 heteroatoms. The molecule has 0 bridgehead atoms. The van der Waals surface area contributed by atoms with Gasteiger partial charge in [0.2, 0.25) is 0 Å². The molecule has 3 aromatic rings. The maximum atomic E-state index is 13.0. The molecule has 0 unspecified atom stereocenters. The van der Waals surface area contributed by atoms with Crippen molar-refractivity contribution in [2.24, 2.45) is 0 Å². The van der Waals surface area contributed by atoms with Crippen molar-refractivity contribution in [2.75, 3.05) is 6.54 Å². The summed E-state index contributed by atoms with van der Waals surface area (Å²) in [7, 11) is 0. The number of amides is 1. The van der Waals surface area contributed by atoms with Gasteiger partial charge >= 0.3 is 5.97 Å². The van der Waals surface area contributed by atoms with E-state index < -0.39 is 6.67 Å². The standard InChI is InChI=1S/C19H17FN2O3S/c20-11-14-6-8-21-15-10-16(26-18(14)15)19(24)22-9-7-17(23)25-12-13-4-2-1-3-5-13/h1-6,8,10H,7,9,11-12H2,(H,22,24). The molecule has 5 nitrogen and oxygen atoms in total. The molecule has 1 N–H and O–H groups in total. The molecular formula is C19H17FN2O3S. The number of nitrogens with one attached hydrogen (secondary N) is 1. The summed E-state index contributed by atoms with van der Waals surface area (Å²) in [6.45, 7) is -0.223. The van der Waals surface area contributed by atoms with Gasteiger partial charge in [-0.1, -0.05) is 30.3 Å². The maximum absolute atomic E-state index is 13.0. The average molecular weight is 372 g/mol. The second kappa shape index (κ2) is 8.53. The highest BCUT2D eigenvalue weighted by molar-refractivity contribution is 7.21. The molecule has 0 saturated heterocycles. The van der Waals surface area contributed by atoms with E-state index in [0.717, 1.165) is 5.56 Å². The Labute approximate surface area is 153 Å². The van der Waals surface area contributed by atoms with E-state index in [1.807, 2.05) is 30.3 Å². The van der Waals surface area contributed by atoms with Crippen LogP contribution in [0, 0.1) is 0 Å². The first-order valence-corrected chi connectivity index (χ1v) is 8.90. The first kappa shape index (κ1) is 18.0. The highest BCUT2D eigenvalue weighted by Gasteiger charge is 2.13. The topological polar surface area (TPSA) is 68.3 Å². The van der Waals surface area contributed by atoms with Crippen LogP contribution in [-0.4, -0.2) is 23.4 Å². The van der Waals surface area contributed by atoms with Gasteiger partial charge in [-0.15, -0.1) is 11.3 Å². The summed E-state index contributed by atoms with van der Waals surface area (Å²) in [6.07, 6.45) is 1.60. The van der Waals surface area contributed by atoms with Gasteiger partial charge in [0, 0.05) is 18.3 Å². The lowest BCUT2D eigenvalue weighted by Gasteiger charge is -2.05. The van der Waals surface area contributed by atoms with Crippen molar-refractivity contribution in [1.29, 1.82) is 0 Å². The van der Waals surface area contributed by atoms with Crippen LogP contribution < -0.4 is 5.32 Å². The first-order valence-electron chi connectivity index (χ1n) is 8.08.